The molecule has 0 N–H and O–H groups in total. The Kier molecular flexibility index (Phi) is 5.81. The molecular weight excluding hydrogens is 434 g/mol. The lowest BCUT2D eigenvalue weighted by Crippen LogP contribution is -2.11. The second-order valence-electron chi connectivity index (χ2n) is 9.14. The highest BCUT2D eigenvalue weighted by Gasteiger charge is 2.14. The summed E-state index contributed by atoms with van der Waals surface area (Å²) in [6, 6.07) is 52.1. The lowest BCUT2D eigenvalue weighted by atomic mass is 9.95. The van der Waals surface area contributed by atoms with Crippen LogP contribution in [-0.4, -0.2) is 7.05 Å². The van der Waals surface area contributed by atoms with Crippen LogP contribution in [0.15, 0.2) is 146 Å². The summed E-state index contributed by atoms with van der Waals surface area (Å²) < 4.78 is 0. The van der Waals surface area contributed by atoms with Crippen LogP contribution in [0.1, 0.15) is 0 Å². The number of anilines is 2. The van der Waals surface area contributed by atoms with Gasteiger partial charge >= 0.3 is 0 Å². The molecule has 0 aliphatic rings. The minimum absolute atomic E-state index is 1.16. The first-order valence-corrected chi connectivity index (χ1v) is 12.3. The van der Waals surface area contributed by atoms with Gasteiger partial charge in [-0.2, -0.15) is 0 Å². The Hall–Kier alpha value is -4.62. The van der Waals surface area contributed by atoms with E-state index in [-0.39, 0.29) is 0 Å². The lowest BCUT2D eigenvalue weighted by Gasteiger charge is -2.24. The zero-order valence-electron chi connectivity index (χ0n) is 20.3. The van der Waals surface area contributed by atoms with Gasteiger partial charge in [-0.25, -0.2) is 0 Å². The summed E-state index contributed by atoms with van der Waals surface area (Å²) in [5, 5.41) is 2.51. The summed E-state index contributed by atoms with van der Waals surface area (Å²) in [5.41, 5.74) is 9.62. The molecule has 6 rings (SSSR count). The first-order valence-electron chi connectivity index (χ1n) is 12.3. The van der Waals surface area contributed by atoms with Gasteiger partial charge in [0.2, 0.25) is 0 Å². The number of benzene rings is 6. The van der Waals surface area contributed by atoms with Crippen LogP contribution in [0.2, 0.25) is 0 Å². The van der Waals surface area contributed by atoms with E-state index in [4.69, 9.17) is 0 Å². The predicted molar refractivity (Wildman–Crippen MR) is 155 cm³/mol. The van der Waals surface area contributed by atoms with E-state index >= 15 is 0 Å². The molecule has 0 unspecified atom stereocenters. The van der Waals surface area contributed by atoms with Crippen molar-refractivity contribution in [2.24, 2.45) is 0 Å². The Balaban J connectivity index is 1.51. The van der Waals surface area contributed by atoms with Gasteiger partial charge in [-0.3, -0.25) is 0 Å². The first-order chi connectivity index (χ1) is 17.8. The van der Waals surface area contributed by atoms with Gasteiger partial charge in [-0.15, -0.1) is 0 Å². The number of hydrogen-bond acceptors (Lipinski definition) is 1. The van der Waals surface area contributed by atoms with E-state index in [1.54, 1.807) is 0 Å². The zero-order chi connectivity index (χ0) is 24.3. The highest BCUT2D eigenvalue weighted by molar-refractivity contribution is 5.90. The summed E-state index contributed by atoms with van der Waals surface area (Å²) in [7, 11) is 2.16. The van der Waals surface area contributed by atoms with E-state index in [0.29, 0.717) is 0 Å². The number of rotatable bonds is 5. The van der Waals surface area contributed by atoms with Gasteiger partial charge in [0.05, 0.1) is 0 Å². The summed E-state index contributed by atoms with van der Waals surface area (Å²) in [6.45, 7) is 0. The molecule has 0 amide bonds. The van der Waals surface area contributed by atoms with Crippen molar-refractivity contribution < 1.29 is 0 Å². The highest BCUT2D eigenvalue weighted by Crippen LogP contribution is 2.38. The van der Waals surface area contributed by atoms with Crippen LogP contribution in [0.25, 0.3) is 44.2 Å². The minimum Gasteiger partial charge on any atom is -0.344 e. The molecule has 1 nitrogen and oxygen atoms in total. The Morgan fingerprint density at radius 1 is 0.389 bits per heavy atom. The molecule has 0 bridgehead atoms. The molecule has 1 heteroatoms. The molecule has 6 aromatic carbocycles. The molecule has 0 saturated carbocycles. The van der Waals surface area contributed by atoms with Crippen molar-refractivity contribution in [1.29, 1.82) is 0 Å². The van der Waals surface area contributed by atoms with E-state index in [2.05, 4.69) is 158 Å². The molecule has 0 aromatic heterocycles. The van der Waals surface area contributed by atoms with Crippen molar-refractivity contribution in [2.45, 2.75) is 0 Å². The molecule has 0 saturated heterocycles. The first kappa shape index (κ1) is 21.9. The molecule has 0 radical (unpaired) electrons. The topological polar surface area (TPSA) is 3.24 Å². The molecule has 172 valence electrons. The average Bonchev–Trinajstić information content (AvgIpc) is 2.97. The van der Waals surface area contributed by atoms with Crippen molar-refractivity contribution >= 4 is 22.1 Å². The van der Waals surface area contributed by atoms with Gasteiger partial charge in [-0.05, 0) is 68.9 Å². The Morgan fingerprint density at radius 2 is 0.972 bits per heavy atom. The zero-order valence-corrected chi connectivity index (χ0v) is 20.3. The molecule has 36 heavy (non-hydrogen) atoms. The average molecular weight is 462 g/mol. The second-order valence-corrected chi connectivity index (χ2v) is 9.14. The quantitative estimate of drug-likeness (QED) is 0.247. The van der Waals surface area contributed by atoms with Gasteiger partial charge in [-0.1, -0.05) is 115 Å². The van der Waals surface area contributed by atoms with E-state index in [0.717, 1.165) is 5.69 Å². The van der Waals surface area contributed by atoms with Crippen LogP contribution >= 0.6 is 0 Å². The Morgan fingerprint density at radius 3 is 1.72 bits per heavy atom. The summed E-state index contributed by atoms with van der Waals surface area (Å²) in [4.78, 5) is 2.30. The normalized spacial score (nSPS) is 10.9. The molecule has 0 spiro atoms. The van der Waals surface area contributed by atoms with E-state index < -0.39 is 0 Å². The van der Waals surface area contributed by atoms with Crippen LogP contribution in [-0.2, 0) is 0 Å². The van der Waals surface area contributed by atoms with Gasteiger partial charge in [0.25, 0.3) is 0 Å². The van der Waals surface area contributed by atoms with Crippen molar-refractivity contribution in [1.82, 2.24) is 0 Å². The van der Waals surface area contributed by atoms with Crippen LogP contribution in [0, 0.1) is 0 Å². The van der Waals surface area contributed by atoms with Crippen molar-refractivity contribution in [3.8, 4) is 33.4 Å². The second kappa shape index (κ2) is 9.56. The van der Waals surface area contributed by atoms with E-state index in [1.165, 1.54) is 49.8 Å². The largest absolute Gasteiger partial charge is 0.344 e. The third-order valence-corrected chi connectivity index (χ3v) is 6.85. The van der Waals surface area contributed by atoms with E-state index in [9.17, 15) is 0 Å². The summed E-state index contributed by atoms with van der Waals surface area (Å²) in [6.07, 6.45) is 0. The van der Waals surface area contributed by atoms with Crippen LogP contribution in [0.3, 0.4) is 0 Å². The number of para-hydroxylation sites is 1. The molecule has 0 aliphatic carbocycles. The van der Waals surface area contributed by atoms with Gasteiger partial charge < -0.3 is 4.90 Å². The van der Waals surface area contributed by atoms with Gasteiger partial charge in [0.15, 0.2) is 0 Å². The maximum absolute atomic E-state index is 2.31. The minimum atomic E-state index is 1.16. The number of nitrogens with zero attached hydrogens (tertiary/aromatic N) is 1. The maximum atomic E-state index is 2.31. The number of hydrogen-bond donors (Lipinski definition) is 0. The Labute approximate surface area is 212 Å². The molecule has 0 aliphatic heterocycles. The lowest BCUT2D eigenvalue weighted by molar-refractivity contribution is 1.21. The van der Waals surface area contributed by atoms with Gasteiger partial charge in [0.1, 0.15) is 0 Å². The fourth-order valence-corrected chi connectivity index (χ4v) is 4.90. The third-order valence-electron chi connectivity index (χ3n) is 6.85. The predicted octanol–water partition coefficient (Wildman–Crippen LogP) is 9.61. The molecule has 0 heterocycles. The van der Waals surface area contributed by atoms with Gasteiger partial charge in [0, 0.05) is 24.0 Å². The molecule has 0 atom stereocenters. The van der Waals surface area contributed by atoms with Crippen molar-refractivity contribution in [3.05, 3.63) is 146 Å². The third kappa shape index (κ3) is 4.28. The highest BCUT2D eigenvalue weighted by atomic mass is 15.1. The van der Waals surface area contributed by atoms with E-state index in [1.807, 2.05) is 0 Å². The standard InChI is InChI=1S/C35H27N/c1-36(35-19-11-10-18-34(35)28-15-6-3-7-16-28)33-24-31(26-12-4-2-5-13-26)23-32(25-33)30-21-20-27-14-8-9-17-29(27)22-30/h2-25H,1H3. The summed E-state index contributed by atoms with van der Waals surface area (Å²) >= 11 is 0. The number of fused-ring (bicyclic) bond motifs is 1. The molecule has 6 aromatic rings. The fraction of sp³-hybridized carbons (Fsp3) is 0.0286. The monoisotopic (exact) mass is 461 g/mol. The molecular formula is C35H27N. The van der Waals surface area contributed by atoms with Crippen molar-refractivity contribution in [3.63, 3.8) is 0 Å². The molecule has 0 fully saturated rings. The SMILES string of the molecule is CN(c1cc(-c2ccccc2)cc(-c2ccc3ccccc3c2)c1)c1ccccc1-c1ccccc1. The smallest absolute Gasteiger partial charge is 0.0487 e. The van der Waals surface area contributed by atoms with Crippen LogP contribution in [0.4, 0.5) is 11.4 Å². The maximum Gasteiger partial charge on any atom is 0.0487 e. The fourth-order valence-electron chi connectivity index (χ4n) is 4.90. The Bertz CT molecular complexity index is 1630. The van der Waals surface area contributed by atoms with Crippen molar-refractivity contribution in [2.75, 3.05) is 11.9 Å². The summed E-state index contributed by atoms with van der Waals surface area (Å²) in [5.74, 6) is 0. The van der Waals surface area contributed by atoms with Crippen LogP contribution in [0.5, 0.6) is 0 Å². The van der Waals surface area contributed by atoms with Crippen LogP contribution < -0.4 is 4.90 Å².